The molecule has 4 heteroatoms. The summed E-state index contributed by atoms with van der Waals surface area (Å²) in [6.45, 7) is 6.68. The van der Waals surface area contributed by atoms with Crippen LogP contribution in [0.5, 0.6) is 0 Å². The highest BCUT2D eigenvalue weighted by atomic mass is 79.9. The van der Waals surface area contributed by atoms with Crippen LogP contribution in [-0.4, -0.2) is 18.3 Å². The SMILES string of the molecule is CC(C)(CCCO)CNCc1cc(Br)cs1. The molecule has 0 unspecified atom stereocenters. The maximum Gasteiger partial charge on any atom is 0.0431 e. The van der Waals surface area contributed by atoms with E-state index in [4.69, 9.17) is 5.11 Å². The maximum absolute atomic E-state index is 8.81. The molecule has 0 spiro atoms. The van der Waals surface area contributed by atoms with Crippen LogP contribution in [0.3, 0.4) is 0 Å². The van der Waals surface area contributed by atoms with Gasteiger partial charge in [0.05, 0.1) is 0 Å². The molecule has 0 aromatic carbocycles. The lowest BCUT2D eigenvalue weighted by Gasteiger charge is -2.24. The minimum absolute atomic E-state index is 0.261. The topological polar surface area (TPSA) is 32.3 Å². The summed E-state index contributed by atoms with van der Waals surface area (Å²) in [5, 5.41) is 14.4. The Kier molecular flexibility index (Phi) is 5.97. The van der Waals surface area contributed by atoms with Crippen LogP contribution in [0.2, 0.25) is 0 Å². The van der Waals surface area contributed by atoms with Crippen LogP contribution < -0.4 is 5.32 Å². The first-order valence-electron chi connectivity index (χ1n) is 5.58. The van der Waals surface area contributed by atoms with Crippen molar-refractivity contribution in [2.45, 2.75) is 33.2 Å². The molecule has 0 aliphatic carbocycles. The lowest BCUT2D eigenvalue weighted by molar-refractivity contribution is 0.236. The fourth-order valence-corrected chi connectivity index (χ4v) is 3.04. The average Bonchev–Trinajstić information content (AvgIpc) is 2.61. The van der Waals surface area contributed by atoms with E-state index in [2.05, 4.69) is 46.5 Å². The van der Waals surface area contributed by atoms with E-state index in [1.165, 1.54) is 4.88 Å². The Morgan fingerprint density at radius 2 is 2.25 bits per heavy atom. The minimum Gasteiger partial charge on any atom is -0.396 e. The predicted molar refractivity (Wildman–Crippen MR) is 73.8 cm³/mol. The van der Waals surface area contributed by atoms with E-state index in [0.29, 0.717) is 6.61 Å². The third kappa shape index (κ3) is 5.43. The van der Waals surface area contributed by atoms with Crippen LogP contribution in [-0.2, 0) is 6.54 Å². The molecule has 1 aromatic heterocycles. The molecule has 2 nitrogen and oxygen atoms in total. The van der Waals surface area contributed by atoms with Crippen molar-refractivity contribution >= 4 is 27.3 Å². The molecule has 0 radical (unpaired) electrons. The molecule has 0 amide bonds. The van der Waals surface area contributed by atoms with Crippen molar-refractivity contribution < 1.29 is 5.11 Å². The molecular weight excluding hydrogens is 286 g/mol. The normalized spacial score (nSPS) is 12.0. The molecule has 0 aliphatic heterocycles. The van der Waals surface area contributed by atoms with Gasteiger partial charge >= 0.3 is 0 Å². The second kappa shape index (κ2) is 6.74. The van der Waals surface area contributed by atoms with Crippen molar-refractivity contribution in [2.24, 2.45) is 5.41 Å². The number of rotatable bonds is 7. The molecule has 0 atom stereocenters. The number of hydrogen-bond donors (Lipinski definition) is 2. The van der Waals surface area contributed by atoms with Crippen molar-refractivity contribution in [3.05, 3.63) is 20.8 Å². The summed E-state index contributed by atoms with van der Waals surface area (Å²) in [6.07, 6.45) is 1.95. The molecule has 1 heterocycles. The summed E-state index contributed by atoms with van der Waals surface area (Å²) >= 11 is 5.22. The van der Waals surface area contributed by atoms with Gasteiger partial charge in [0, 0.05) is 34.4 Å². The summed E-state index contributed by atoms with van der Waals surface area (Å²) < 4.78 is 1.16. The lowest BCUT2D eigenvalue weighted by atomic mass is 9.88. The standard InChI is InChI=1S/C12H20BrNOS/c1-12(2,4-3-5-15)9-14-7-11-6-10(13)8-16-11/h6,8,14-15H,3-5,7,9H2,1-2H3. The first-order valence-corrected chi connectivity index (χ1v) is 7.25. The number of aliphatic hydroxyl groups is 1. The molecule has 0 fully saturated rings. The number of thiophene rings is 1. The highest BCUT2D eigenvalue weighted by molar-refractivity contribution is 9.10. The third-order valence-corrected chi connectivity index (χ3v) is 4.23. The van der Waals surface area contributed by atoms with E-state index in [0.717, 1.165) is 30.4 Å². The number of aliphatic hydroxyl groups excluding tert-OH is 1. The quantitative estimate of drug-likeness (QED) is 0.809. The first-order chi connectivity index (χ1) is 7.53. The molecule has 0 saturated heterocycles. The first kappa shape index (κ1) is 14.2. The van der Waals surface area contributed by atoms with Crippen molar-refractivity contribution in [3.8, 4) is 0 Å². The van der Waals surface area contributed by atoms with Crippen molar-refractivity contribution in [3.63, 3.8) is 0 Å². The molecule has 16 heavy (non-hydrogen) atoms. The monoisotopic (exact) mass is 305 g/mol. The molecule has 1 aromatic rings. The van der Waals surface area contributed by atoms with Crippen LogP contribution in [0.15, 0.2) is 15.9 Å². The van der Waals surface area contributed by atoms with Crippen molar-refractivity contribution in [2.75, 3.05) is 13.2 Å². The molecular formula is C12H20BrNOS. The van der Waals surface area contributed by atoms with Gasteiger partial charge < -0.3 is 10.4 Å². The summed E-state index contributed by atoms with van der Waals surface area (Å²) in [6, 6.07) is 2.15. The van der Waals surface area contributed by atoms with E-state index in [-0.39, 0.29) is 5.41 Å². The number of halogens is 1. The Morgan fingerprint density at radius 3 is 2.81 bits per heavy atom. The van der Waals surface area contributed by atoms with E-state index in [1.807, 2.05) is 0 Å². The third-order valence-electron chi connectivity index (χ3n) is 2.54. The van der Waals surface area contributed by atoms with Gasteiger partial charge in [-0.1, -0.05) is 13.8 Å². The Balaban J connectivity index is 2.24. The Bertz CT molecular complexity index is 312. The maximum atomic E-state index is 8.81. The summed E-state index contributed by atoms with van der Waals surface area (Å²) in [5.74, 6) is 0. The van der Waals surface area contributed by atoms with Gasteiger partial charge in [-0.05, 0) is 40.3 Å². The fourth-order valence-electron chi connectivity index (χ4n) is 1.62. The number of hydrogen-bond acceptors (Lipinski definition) is 3. The van der Waals surface area contributed by atoms with Crippen LogP contribution in [0.1, 0.15) is 31.6 Å². The van der Waals surface area contributed by atoms with Crippen LogP contribution >= 0.6 is 27.3 Å². The fraction of sp³-hybridized carbons (Fsp3) is 0.667. The average molecular weight is 306 g/mol. The van der Waals surface area contributed by atoms with Crippen LogP contribution in [0, 0.1) is 5.41 Å². The van der Waals surface area contributed by atoms with Gasteiger partial charge in [0.25, 0.3) is 0 Å². The van der Waals surface area contributed by atoms with Gasteiger partial charge in [-0.3, -0.25) is 0 Å². The number of nitrogens with one attached hydrogen (secondary N) is 1. The van der Waals surface area contributed by atoms with Gasteiger partial charge in [-0.25, -0.2) is 0 Å². The van der Waals surface area contributed by atoms with Crippen LogP contribution in [0.4, 0.5) is 0 Å². The molecule has 0 bridgehead atoms. The van der Waals surface area contributed by atoms with E-state index in [1.54, 1.807) is 11.3 Å². The van der Waals surface area contributed by atoms with Gasteiger partial charge in [0.1, 0.15) is 0 Å². The molecule has 0 saturated carbocycles. The largest absolute Gasteiger partial charge is 0.396 e. The van der Waals surface area contributed by atoms with Gasteiger partial charge in [0.15, 0.2) is 0 Å². The van der Waals surface area contributed by atoms with E-state index < -0.39 is 0 Å². The Morgan fingerprint density at radius 1 is 1.50 bits per heavy atom. The Labute approximate surface area is 110 Å². The second-order valence-corrected chi connectivity index (χ2v) is 6.74. The second-order valence-electron chi connectivity index (χ2n) is 4.83. The highest BCUT2D eigenvalue weighted by Gasteiger charge is 2.16. The molecule has 0 aliphatic rings. The van der Waals surface area contributed by atoms with Gasteiger partial charge in [-0.2, -0.15) is 0 Å². The molecule has 1 rings (SSSR count). The van der Waals surface area contributed by atoms with Crippen molar-refractivity contribution in [1.29, 1.82) is 0 Å². The van der Waals surface area contributed by atoms with E-state index in [9.17, 15) is 0 Å². The minimum atomic E-state index is 0.261. The lowest BCUT2D eigenvalue weighted by Crippen LogP contribution is -2.29. The molecule has 92 valence electrons. The smallest absolute Gasteiger partial charge is 0.0431 e. The van der Waals surface area contributed by atoms with Crippen molar-refractivity contribution in [1.82, 2.24) is 5.32 Å². The summed E-state index contributed by atoms with van der Waals surface area (Å²) in [4.78, 5) is 1.35. The highest BCUT2D eigenvalue weighted by Crippen LogP contribution is 2.22. The zero-order chi connectivity index (χ0) is 12.0. The van der Waals surface area contributed by atoms with Gasteiger partial charge in [0.2, 0.25) is 0 Å². The molecule has 2 N–H and O–H groups in total. The zero-order valence-electron chi connectivity index (χ0n) is 9.92. The van der Waals surface area contributed by atoms with Gasteiger partial charge in [-0.15, -0.1) is 11.3 Å². The summed E-state index contributed by atoms with van der Waals surface area (Å²) in [7, 11) is 0. The van der Waals surface area contributed by atoms with Crippen LogP contribution in [0.25, 0.3) is 0 Å². The zero-order valence-corrected chi connectivity index (χ0v) is 12.3. The Hall–Kier alpha value is 0.1000. The predicted octanol–water partition coefficient (Wildman–Crippen LogP) is 3.40. The van der Waals surface area contributed by atoms with E-state index >= 15 is 0 Å². The summed E-state index contributed by atoms with van der Waals surface area (Å²) in [5.41, 5.74) is 0.261.